The van der Waals surface area contributed by atoms with Crippen molar-refractivity contribution >= 4 is 23.4 Å². The summed E-state index contributed by atoms with van der Waals surface area (Å²) < 4.78 is 5.40. The topological polar surface area (TPSA) is 84.4 Å². The van der Waals surface area contributed by atoms with Crippen LogP contribution in [0.2, 0.25) is 0 Å². The van der Waals surface area contributed by atoms with E-state index in [2.05, 4.69) is 15.3 Å². The highest BCUT2D eigenvalue weighted by Gasteiger charge is 2.26. The van der Waals surface area contributed by atoms with Crippen LogP contribution in [0, 0.1) is 0 Å². The third-order valence-electron chi connectivity index (χ3n) is 5.05. The Morgan fingerprint density at radius 1 is 1.09 bits per heavy atom. The van der Waals surface area contributed by atoms with Crippen LogP contribution in [-0.2, 0) is 16.0 Å². The number of nitrogens with one attached hydrogen (secondary N) is 1. The van der Waals surface area contributed by atoms with E-state index in [0.717, 1.165) is 22.5 Å². The highest BCUT2D eigenvalue weighted by molar-refractivity contribution is 6.01. The van der Waals surface area contributed by atoms with Gasteiger partial charge >= 0.3 is 5.97 Å². The molecule has 0 spiro atoms. The van der Waals surface area contributed by atoms with Gasteiger partial charge in [0.05, 0.1) is 17.7 Å². The maximum absolute atomic E-state index is 12.3. The van der Waals surface area contributed by atoms with E-state index >= 15 is 0 Å². The molecular formula is C25H26N4O3. The van der Waals surface area contributed by atoms with Crippen molar-refractivity contribution in [3.63, 3.8) is 0 Å². The average molecular weight is 431 g/mol. The van der Waals surface area contributed by atoms with Crippen molar-refractivity contribution in [1.82, 2.24) is 9.97 Å². The fourth-order valence-electron chi connectivity index (χ4n) is 3.58. The number of fused-ring (bicyclic) bond motifs is 1. The second kappa shape index (κ2) is 8.78. The zero-order valence-corrected chi connectivity index (χ0v) is 18.5. The summed E-state index contributed by atoms with van der Waals surface area (Å²) in [5, 5.41) is 3.27. The number of ether oxygens (including phenoxy) is 1. The number of para-hydroxylation sites is 1. The molecule has 3 aromatic rings. The van der Waals surface area contributed by atoms with Crippen LogP contribution in [0.15, 0.2) is 60.9 Å². The third-order valence-corrected chi connectivity index (χ3v) is 5.05. The van der Waals surface area contributed by atoms with Gasteiger partial charge in [-0.05, 0) is 44.5 Å². The van der Waals surface area contributed by atoms with Crippen molar-refractivity contribution in [2.75, 3.05) is 23.3 Å². The normalized spacial score (nSPS) is 13.1. The number of benzene rings is 2. The highest BCUT2D eigenvalue weighted by atomic mass is 16.6. The Morgan fingerprint density at radius 3 is 2.59 bits per heavy atom. The molecule has 0 unspecified atom stereocenters. The highest BCUT2D eigenvalue weighted by Crippen LogP contribution is 2.28. The van der Waals surface area contributed by atoms with Gasteiger partial charge in [0.1, 0.15) is 17.7 Å². The number of anilines is 2. The molecule has 0 fully saturated rings. The number of hydrogen-bond donors (Lipinski definition) is 1. The van der Waals surface area contributed by atoms with Crippen LogP contribution in [0.1, 0.15) is 36.7 Å². The van der Waals surface area contributed by atoms with Gasteiger partial charge in [0.2, 0.25) is 5.91 Å². The summed E-state index contributed by atoms with van der Waals surface area (Å²) in [5.74, 6) is 0.430. The summed E-state index contributed by atoms with van der Waals surface area (Å²) >= 11 is 0. The van der Waals surface area contributed by atoms with E-state index in [1.807, 2.05) is 63.2 Å². The first kappa shape index (κ1) is 21.5. The van der Waals surface area contributed by atoms with Crippen LogP contribution in [0.5, 0.6) is 0 Å². The van der Waals surface area contributed by atoms with Crippen LogP contribution in [0.3, 0.4) is 0 Å². The number of carbonyl (C=O) groups is 2. The minimum Gasteiger partial charge on any atom is -0.456 e. The van der Waals surface area contributed by atoms with Gasteiger partial charge in [0.15, 0.2) is 0 Å². The quantitative estimate of drug-likeness (QED) is 0.593. The fourth-order valence-corrected chi connectivity index (χ4v) is 3.58. The molecule has 2 aromatic carbocycles. The molecule has 0 saturated carbocycles. The van der Waals surface area contributed by atoms with Crippen molar-refractivity contribution in [1.29, 1.82) is 0 Å². The van der Waals surface area contributed by atoms with Crippen LogP contribution < -0.4 is 10.2 Å². The smallest absolute Gasteiger partial charge is 0.338 e. The average Bonchev–Trinajstić information content (AvgIpc) is 3.08. The van der Waals surface area contributed by atoms with Crippen molar-refractivity contribution in [2.45, 2.75) is 32.8 Å². The van der Waals surface area contributed by atoms with Gasteiger partial charge in [0, 0.05) is 30.4 Å². The summed E-state index contributed by atoms with van der Waals surface area (Å²) in [5.41, 5.74) is 3.60. The van der Waals surface area contributed by atoms with Gasteiger partial charge in [-0.1, -0.05) is 30.3 Å². The zero-order valence-electron chi connectivity index (χ0n) is 18.5. The number of aromatic nitrogens is 2. The predicted molar refractivity (Wildman–Crippen MR) is 124 cm³/mol. The number of nitrogens with zero attached hydrogens (tertiary/aromatic N) is 3. The molecule has 0 bridgehead atoms. The fraction of sp³-hybridized carbons (Fsp3) is 0.280. The molecule has 0 atom stereocenters. The summed E-state index contributed by atoms with van der Waals surface area (Å²) in [6.45, 7) is 6.64. The van der Waals surface area contributed by atoms with Gasteiger partial charge in [-0.2, -0.15) is 0 Å². The maximum atomic E-state index is 12.3. The molecule has 0 radical (unpaired) electrons. The Bertz CT molecular complexity index is 1140. The summed E-state index contributed by atoms with van der Waals surface area (Å²) in [4.78, 5) is 34.9. The Labute approximate surface area is 187 Å². The van der Waals surface area contributed by atoms with Gasteiger partial charge in [-0.15, -0.1) is 0 Å². The van der Waals surface area contributed by atoms with Gasteiger partial charge < -0.3 is 15.0 Å². The minimum atomic E-state index is -0.537. The van der Waals surface area contributed by atoms with E-state index in [-0.39, 0.29) is 11.9 Å². The first-order valence-corrected chi connectivity index (χ1v) is 10.6. The Morgan fingerprint density at radius 2 is 1.84 bits per heavy atom. The van der Waals surface area contributed by atoms with Gasteiger partial charge in [-0.3, -0.25) is 4.79 Å². The lowest BCUT2D eigenvalue weighted by molar-refractivity contribution is -0.117. The van der Waals surface area contributed by atoms with Crippen molar-refractivity contribution in [3.8, 4) is 11.3 Å². The molecule has 32 heavy (non-hydrogen) atoms. The summed E-state index contributed by atoms with van der Waals surface area (Å²) in [7, 11) is 0. The molecule has 7 nitrogen and oxygen atoms in total. The van der Waals surface area contributed by atoms with Gasteiger partial charge in [0.25, 0.3) is 0 Å². The predicted octanol–water partition coefficient (Wildman–Crippen LogP) is 4.10. The lowest BCUT2D eigenvalue weighted by Crippen LogP contribution is -2.31. The number of carbonyl (C=O) groups excluding carboxylic acids is 2. The standard InChI is InChI=1S/C25H26N4O3/c1-25(2,3)32-24(31)18-10-8-17(9-11-18)20-15-22(28-16-27-20)26-12-13-29-21-7-5-4-6-19(21)14-23(29)30/h4-11,15-16H,12-14H2,1-3H3,(H,26,27,28). The Hall–Kier alpha value is -3.74. The molecule has 1 aliphatic rings. The Balaban J connectivity index is 1.39. The maximum Gasteiger partial charge on any atom is 0.338 e. The van der Waals surface area contributed by atoms with E-state index in [4.69, 9.17) is 4.74 Å². The largest absolute Gasteiger partial charge is 0.456 e. The lowest BCUT2D eigenvalue weighted by atomic mass is 10.1. The lowest BCUT2D eigenvalue weighted by Gasteiger charge is -2.19. The van der Waals surface area contributed by atoms with Crippen molar-refractivity contribution in [2.24, 2.45) is 0 Å². The molecule has 7 heteroatoms. The molecule has 1 aromatic heterocycles. The molecule has 4 rings (SSSR count). The first-order valence-electron chi connectivity index (χ1n) is 10.6. The van der Waals surface area contributed by atoms with Crippen molar-refractivity contribution < 1.29 is 14.3 Å². The molecule has 1 amide bonds. The third kappa shape index (κ3) is 4.94. The molecule has 1 aliphatic heterocycles. The van der Waals surface area contributed by atoms with E-state index in [1.165, 1.54) is 6.33 Å². The molecule has 2 heterocycles. The second-order valence-corrected chi connectivity index (χ2v) is 8.65. The first-order chi connectivity index (χ1) is 15.3. The molecule has 0 aliphatic carbocycles. The molecule has 164 valence electrons. The van der Waals surface area contributed by atoms with Crippen LogP contribution in [-0.4, -0.2) is 40.5 Å². The Kier molecular flexibility index (Phi) is 5.90. The second-order valence-electron chi connectivity index (χ2n) is 8.65. The zero-order chi connectivity index (χ0) is 22.7. The summed E-state index contributed by atoms with van der Waals surface area (Å²) in [6, 6.07) is 16.9. The minimum absolute atomic E-state index is 0.112. The van der Waals surface area contributed by atoms with Crippen LogP contribution in [0.4, 0.5) is 11.5 Å². The number of amides is 1. The van der Waals surface area contributed by atoms with Gasteiger partial charge in [-0.25, -0.2) is 14.8 Å². The van der Waals surface area contributed by atoms with E-state index in [0.29, 0.717) is 30.9 Å². The van der Waals surface area contributed by atoms with Crippen LogP contribution >= 0.6 is 0 Å². The molecule has 0 saturated heterocycles. The monoisotopic (exact) mass is 430 g/mol. The number of hydrogen-bond acceptors (Lipinski definition) is 6. The summed E-state index contributed by atoms with van der Waals surface area (Å²) in [6.07, 6.45) is 1.95. The van der Waals surface area contributed by atoms with E-state index in [1.54, 1.807) is 17.0 Å². The van der Waals surface area contributed by atoms with Crippen LogP contribution in [0.25, 0.3) is 11.3 Å². The van der Waals surface area contributed by atoms with E-state index < -0.39 is 5.60 Å². The van der Waals surface area contributed by atoms with E-state index in [9.17, 15) is 9.59 Å². The number of esters is 1. The van der Waals surface area contributed by atoms with Crippen molar-refractivity contribution in [3.05, 3.63) is 72.1 Å². The molecule has 1 N–H and O–H groups in total. The number of rotatable bonds is 6. The SMILES string of the molecule is CC(C)(C)OC(=O)c1ccc(-c2cc(NCCN3C(=O)Cc4ccccc43)ncn2)cc1. The molecular weight excluding hydrogens is 404 g/mol.